The number of benzene rings is 1. The highest BCUT2D eigenvalue weighted by Crippen LogP contribution is 2.56. The van der Waals surface area contributed by atoms with Gasteiger partial charge in [-0.1, -0.05) is 0 Å². The molecule has 3 fully saturated rings. The van der Waals surface area contributed by atoms with Gasteiger partial charge >= 0.3 is 6.03 Å². The largest absolute Gasteiger partial charge is 0.335 e. The molecule has 1 aromatic carbocycles. The third-order valence-electron chi connectivity index (χ3n) is 6.39. The molecule has 0 radical (unpaired) electrons. The minimum absolute atomic E-state index is 0.0818. The summed E-state index contributed by atoms with van der Waals surface area (Å²) >= 11 is 0. The number of nitrogens with zero attached hydrogens (tertiary/aromatic N) is 2. The van der Waals surface area contributed by atoms with Gasteiger partial charge in [-0.05, 0) is 81.0 Å². The van der Waals surface area contributed by atoms with Crippen molar-refractivity contribution in [3.63, 3.8) is 0 Å². The maximum atomic E-state index is 12.8. The Balaban J connectivity index is 1.32. The zero-order valence-electron chi connectivity index (χ0n) is 15.5. The highest BCUT2D eigenvalue weighted by molar-refractivity contribution is 5.99. The Morgan fingerprint density at radius 1 is 1.07 bits per heavy atom. The van der Waals surface area contributed by atoms with Gasteiger partial charge in [-0.3, -0.25) is 4.79 Å². The fraction of sp³-hybridized carbons (Fsp3) is 0.571. The first-order valence-electron chi connectivity index (χ1n) is 9.97. The lowest BCUT2D eigenvalue weighted by atomic mass is 9.83. The topological polar surface area (TPSA) is 85.2 Å². The molecule has 27 heavy (non-hydrogen) atoms. The van der Waals surface area contributed by atoms with Gasteiger partial charge < -0.3 is 15.5 Å². The van der Waals surface area contributed by atoms with Crippen LogP contribution in [0.4, 0.5) is 10.5 Å². The molecule has 6 heteroatoms. The second kappa shape index (κ2) is 7.22. The molecule has 6 nitrogen and oxygen atoms in total. The van der Waals surface area contributed by atoms with E-state index in [4.69, 9.17) is 5.26 Å². The normalized spacial score (nSPS) is 24.3. The number of rotatable bonds is 3. The van der Waals surface area contributed by atoms with Gasteiger partial charge in [0.05, 0.1) is 11.6 Å². The van der Waals surface area contributed by atoms with Crippen molar-refractivity contribution in [1.82, 2.24) is 10.6 Å². The van der Waals surface area contributed by atoms with Crippen molar-refractivity contribution in [2.45, 2.75) is 63.5 Å². The van der Waals surface area contributed by atoms with Gasteiger partial charge in [0.25, 0.3) is 0 Å². The molecule has 2 aliphatic carbocycles. The summed E-state index contributed by atoms with van der Waals surface area (Å²) in [4.78, 5) is 26.9. The van der Waals surface area contributed by atoms with Crippen LogP contribution in [0, 0.1) is 16.7 Å². The van der Waals surface area contributed by atoms with Gasteiger partial charge in [-0.2, -0.15) is 5.26 Å². The third kappa shape index (κ3) is 3.92. The number of hydrogen-bond donors (Lipinski definition) is 2. The molecular formula is C21H26N4O2. The Hall–Kier alpha value is -2.55. The summed E-state index contributed by atoms with van der Waals surface area (Å²) in [6.45, 7) is 0.634. The number of nitrogens with one attached hydrogen (secondary N) is 2. The molecule has 3 amide bonds. The molecule has 2 N–H and O–H groups in total. The number of carbonyl (C=O) groups excluding carboxylic acids is 2. The quantitative estimate of drug-likeness (QED) is 0.862. The first-order chi connectivity index (χ1) is 13.1. The van der Waals surface area contributed by atoms with Gasteiger partial charge in [0.15, 0.2) is 0 Å². The van der Waals surface area contributed by atoms with E-state index in [1.54, 1.807) is 29.2 Å². The Morgan fingerprint density at radius 3 is 2.41 bits per heavy atom. The summed E-state index contributed by atoms with van der Waals surface area (Å²) < 4.78 is 0. The van der Waals surface area contributed by atoms with E-state index in [-0.39, 0.29) is 18.0 Å². The van der Waals surface area contributed by atoms with Crippen molar-refractivity contribution >= 4 is 17.6 Å². The molecule has 3 aliphatic rings. The molecule has 1 unspecified atom stereocenters. The van der Waals surface area contributed by atoms with Crippen molar-refractivity contribution in [3.8, 4) is 6.07 Å². The predicted molar refractivity (Wildman–Crippen MR) is 102 cm³/mol. The number of piperidine rings is 1. The average molecular weight is 366 g/mol. The molecule has 1 atom stereocenters. The van der Waals surface area contributed by atoms with Crippen LogP contribution >= 0.6 is 0 Å². The lowest BCUT2D eigenvalue weighted by Gasteiger charge is -2.34. The molecule has 1 spiro atoms. The molecular weight excluding hydrogens is 340 g/mol. The number of anilines is 1. The summed E-state index contributed by atoms with van der Waals surface area (Å²) in [6.07, 6.45) is 8.73. The number of carbonyl (C=O) groups is 2. The zero-order valence-corrected chi connectivity index (χ0v) is 15.5. The number of hydrogen-bond acceptors (Lipinski definition) is 3. The summed E-state index contributed by atoms with van der Waals surface area (Å²) in [5.41, 5.74) is 1.95. The first-order valence-corrected chi connectivity index (χ1v) is 9.97. The smallest absolute Gasteiger partial charge is 0.315 e. The molecule has 1 heterocycles. The monoisotopic (exact) mass is 366 g/mol. The Labute approximate surface area is 159 Å². The van der Waals surface area contributed by atoms with Gasteiger partial charge in [-0.25, -0.2) is 4.79 Å². The predicted octanol–water partition coefficient (Wildman–Crippen LogP) is 3.08. The Kier molecular flexibility index (Phi) is 4.77. The van der Waals surface area contributed by atoms with E-state index in [9.17, 15) is 9.59 Å². The van der Waals surface area contributed by atoms with E-state index in [2.05, 4.69) is 16.7 Å². The minimum atomic E-state index is -0.493. The molecule has 0 aromatic heterocycles. The maximum Gasteiger partial charge on any atom is 0.315 e. The van der Waals surface area contributed by atoms with Crippen LogP contribution in [0.15, 0.2) is 24.3 Å². The molecule has 1 aromatic rings. The van der Waals surface area contributed by atoms with Crippen LogP contribution in [0.3, 0.4) is 0 Å². The summed E-state index contributed by atoms with van der Waals surface area (Å²) in [6, 6.07) is 8.58. The van der Waals surface area contributed by atoms with Crippen molar-refractivity contribution in [3.05, 3.63) is 29.8 Å². The second-order valence-electron chi connectivity index (χ2n) is 8.24. The summed E-state index contributed by atoms with van der Waals surface area (Å²) in [7, 11) is 0. The van der Waals surface area contributed by atoms with E-state index in [0.29, 0.717) is 23.9 Å². The van der Waals surface area contributed by atoms with Crippen LogP contribution in [-0.4, -0.2) is 30.6 Å². The van der Waals surface area contributed by atoms with Crippen LogP contribution in [-0.2, 0) is 4.79 Å². The van der Waals surface area contributed by atoms with E-state index < -0.39 is 6.04 Å². The highest BCUT2D eigenvalue weighted by Gasteiger charge is 2.45. The van der Waals surface area contributed by atoms with Crippen molar-refractivity contribution in [2.75, 3.05) is 11.4 Å². The average Bonchev–Trinajstić information content (AvgIpc) is 3.45. The molecule has 142 valence electrons. The molecule has 2 saturated carbocycles. The minimum Gasteiger partial charge on any atom is -0.335 e. The SMILES string of the molecule is N#Cc1ccc(N2CCCC(NC(=O)NC3CCC4(CC3)CC4)C2=O)cc1. The van der Waals surface area contributed by atoms with Gasteiger partial charge in [-0.15, -0.1) is 0 Å². The standard InChI is InChI=1S/C21H26N4O2/c22-14-15-3-5-17(6-4-15)25-13-1-2-18(19(25)26)24-20(27)23-16-7-9-21(10-8-16)11-12-21/h3-6,16,18H,1-2,7-13H2,(H2,23,24,27). The van der Waals surface area contributed by atoms with Crippen molar-refractivity contribution in [2.24, 2.45) is 5.41 Å². The van der Waals surface area contributed by atoms with E-state index in [1.807, 2.05) is 0 Å². The van der Waals surface area contributed by atoms with E-state index in [0.717, 1.165) is 24.9 Å². The van der Waals surface area contributed by atoms with Gasteiger partial charge in [0, 0.05) is 18.3 Å². The third-order valence-corrected chi connectivity index (χ3v) is 6.39. The van der Waals surface area contributed by atoms with Gasteiger partial charge in [0.2, 0.25) is 5.91 Å². The maximum absolute atomic E-state index is 12.8. The van der Waals surface area contributed by atoms with Crippen LogP contribution in [0.2, 0.25) is 0 Å². The lowest BCUT2D eigenvalue weighted by molar-refractivity contribution is -0.121. The molecule has 0 bridgehead atoms. The molecule has 1 saturated heterocycles. The van der Waals surface area contributed by atoms with Crippen LogP contribution < -0.4 is 15.5 Å². The molecule has 4 rings (SSSR count). The highest BCUT2D eigenvalue weighted by atomic mass is 16.2. The van der Waals surface area contributed by atoms with E-state index >= 15 is 0 Å². The second-order valence-corrected chi connectivity index (χ2v) is 8.24. The Bertz CT molecular complexity index is 753. The number of amides is 3. The number of nitriles is 1. The van der Waals surface area contributed by atoms with Crippen molar-refractivity contribution < 1.29 is 9.59 Å². The fourth-order valence-electron chi connectivity index (χ4n) is 4.42. The van der Waals surface area contributed by atoms with Crippen LogP contribution in [0.5, 0.6) is 0 Å². The molecule has 1 aliphatic heterocycles. The number of urea groups is 1. The van der Waals surface area contributed by atoms with Gasteiger partial charge in [0.1, 0.15) is 6.04 Å². The lowest BCUT2D eigenvalue weighted by Crippen LogP contribution is -2.55. The summed E-state index contributed by atoms with van der Waals surface area (Å²) in [5.74, 6) is -0.0818. The van der Waals surface area contributed by atoms with Crippen LogP contribution in [0.25, 0.3) is 0 Å². The summed E-state index contributed by atoms with van der Waals surface area (Å²) in [5, 5.41) is 14.9. The fourth-order valence-corrected chi connectivity index (χ4v) is 4.42. The Morgan fingerprint density at radius 2 is 1.78 bits per heavy atom. The first kappa shape index (κ1) is 17.8. The van der Waals surface area contributed by atoms with Crippen molar-refractivity contribution in [1.29, 1.82) is 5.26 Å². The van der Waals surface area contributed by atoms with Crippen LogP contribution in [0.1, 0.15) is 56.9 Å². The zero-order chi connectivity index (χ0) is 18.9. The van der Waals surface area contributed by atoms with E-state index in [1.165, 1.54) is 25.7 Å².